The maximum absolute atomic E-state index is 13.3. The third-order valence-electron chi connectivity index (χ3n) is 2.05. The zero-order valence-electron chi connectivity index (χ0n) is 7.12. The largest absolute Gasteiger partial charge is 0.392 e. The standard InChI is InChI=1S/C10H6FNOS/c11-10-8(5-13)7-3-1-2-6(4-12)9(7)14-10/h1-3,13H,5H2. The highest BCUT2D eigenvalue weighted by Crippen LogP contribution is 2.32. The molecule has 0 saturated carbocycles. The molecule has 1 aromatic heterocycles. The first kappa shape index (κ1) is 9.13. The van der Waals surface area contributed by atoms with Crippen LogP contribution in [0.15, 0.2) is 18.2 Å². The van der Waals surface area contributed by atoms with Gasteiger partial charge < -0.3 is 5.11 Å². The van der Waals surface area contributed by atoms with Gasteiger partial charge in [0, 0.05) is 10.9 Å². The molecule has 0 spiro atoms. The molecule has 2 nitrogen and oxygen atoms in total. The minimum absolute atomic E-state index is 0.280. The number of halogens is 1. The monoisotopic (exact) mass is 207 g/mol. The summed E-state index contributed by atoms with van der Waals surface area (Å²) in [4.78, 5) is 0. The van der Waals surface area contributed by atoms with Gasteiger partial charge in [0.1, 0.15) is 6.07 Å². The number of benzene rings is 1. The van der Waals surface area contributed by atoms with Gasteiger partial charge in [0.15, 0.2) is 5.13 Å². The maximum atomic E-state index is 13.3. The van der Waals surface area contributed by atoms with E-state index in [2.05, 4.69) is 0 Å². The summed E-state index contributed by atoms with van der Waals surface area (Å²) < 4.78 is 13.9. The summed E-state index contributed by atoms with van der Waals surface area (Å²) in [5.74, 6) is 0. The normalized spacial score (nSPS) is 10.4. The minimum atomic E-state index is -0.412. The van der Waals surface area contributed by atoms with Crippen LogP contribution in [-0.2, 0) is 6.61 Å². The fourth-order valence-corrected chi connectivity index (χ4v) is 2.38. The van der Waals surface area contributed by atoms with Gasteiger partial charge in [0.25, 0.3) is 0 Å². The molecule has 0 fully saturated rings. The number of aliphatic hydroxyl groups is 1. The van der Waals surface area contributed by atoms with Crippen molar-refractivity contribution in [2.75, 3.05) is 0 Å². The Balaban J connectivity index is 2.87. The molecule has 0 aliphatic rings. The van der Waals surface area contributed by atoms with E-state index in [0.29, 0.717) is 15.6 Å². The lowest BCUT2D eigenvalue weighted by Gasteiger charge is -1.93. The van der Waals surface area contributed by atoms with Crippen LogP contribution in [0.3, 0.4) is 0 Å². The molecule has 4 heteroatoms. The SMILES string of the molecule is N#Cc1cccc2c(CO)c(F)sc12. The van der Waals surface area contributed by atoms with E-state index in [4.69, 9.17) is 10.4 Å². The van der Waals surface area contributed by atoms with Crippen LogP contribution < -0.4 is 0 Å². The Morgan fingerprint density at radius 2 is 2.29 bits per heavy atom. The van der Waals surface area contributed by atoms with Crippen molar-refractivity contribution in [2.24, 2.45) is 0 Å². The molecule has 0 bridgehead atoms. The number of aliphatic hydroxyl groups excluding tert-OH is 1. The van der Waals surface area contributed by atoms with Crippen molar-refractivity contribution in [1.29, 1.82) is 5.26 Å². The van der Waals surface area contributed by atoms with Gasteiger partial charge in [-0.3, -0.25) is 0 Å². The number of fused-ring (bicyclic) bond motifs is 1. The molecule has 0 aliphatic carbocycles. The van der Waals surface area contributed by atoms with E-state index in [0.717, 1.165) is 11.3 Å². The molecule has 14 heavy (non-hydrogen) atoms. The highest BCUT2D eigenvalue weighted by molar-refractivity contribution is 7.18. The molecular formula is C10H6FNOS. The second-order valence-electron chi connectivity index (χ2n) is 2.81. The average Bonchev–Trinajstić information content (AvgIpc) is 2.52. The fraction of sp³-hybridized carbons (Fsp3) is 0.100. The van der Waals surface area contributed by atoms with Gasteiger partial charge in [0.2, 0.25) is 0 Å². The Morgan fingerprint density at radius 3 is 2.93 bits per heavy atom. The van der Waals surface area contributed by atoms with Crippen molar-refractivity contribution in [1.82, 2.24) is 0 Å². The van der Waals surface area contributed by atoms with E-state index in [1.165, 1.54) is 0 Å². The topological polar surface area (TPSA) is 44.0 Å². The van der Waals surface area contributed by atoms with Crippen molar-refractivity contribution >= 4 is 21.4 Å². The number of rotatable bonds is 1. The Kier molecular flexibility index (Phi) is 2.20. The molecule has 0 unspecified atom stereocenters. The summed E-state index contributed by atoms with van der Waals surface area (Å²) in [5, 5.41) is 18.0. The summed E-state index contributed by atoms with van der Waals surface area (Å²) in [6.45, 7) is -0.333. The van der Waals surface area contributed by atoms with Crippen molar-refractivity contribution in [3.05, 3.63) is 34.5 Å². The van der Waals surface area contributed by atoms with Gasteiger partial charge in [-0.15, -0.1) is 11.3 Å². The van der Waals surface area contributed by atoms with E-state index in [9.17, 15) is 4.39 Å². The van der Waals surface area contributed by atoms with Crippen molar-refractivity contribution < 1.29 is 9.50 Å². The van der Waals surface area contributed by atoms with Crippen molar-refractivity contribution in [2.45, 2.75) is 6.61 Å². The first-order valence-electron chi connectivity index (χ1n) is 3.98. The molecule has 0 aliphatic heterocycles. The third kappa shape index (κ3) is 1.18. The summed E-state index contributed by atoms with van der Waals surface area (Å²) in [5.41, 5.74) is 0.730. The van der Waals surface area contributed by atoms with Crippen LogP contribution in [0.5, 0.6) is 0 Å². The Bertz CT molecular complexity index is 527. The molecule has 0 amide bonds. The molecular weight excluding hydrogens is 201 g/mol. The predicted octanol–water partition coefficient (Wildman–Crippen LogP) is 2.40. The van der Waals surface area contributed by atoms with Crippen molar-refractivity contribution in [3.8, 4) is 6.07 Å². The van der Waals surface area contributed by atoms with Crippen molar-refractivity contribution in [3.63, 3.8) is 0 Å². The molecule has 0 saturated heterocycles. The summed E-state index contributed by atoms with van der Waals surface area (Å²) in [7, 11) is 0. The van der Waals surface area contributed by atoms with Gasteiger partial charge >= 0.3 is 0 Å². The van der Waals surface area contributed by atoms with E-state index in [1.807, 2.05) is 6.07 Å². The zero-order chi connectivity index (χ0) is 10.1. The van der Waals surface area contributed by atoms with E-state index >= 15 is 0 Å². The second-order valence-corrected chi connectivity index (χ2v) is 3.78. The first-order valence-corrected chi connectivity index (χ1v) is 4.80. The van der Waals surface area contributed by atoms with Gasteiger partial charge in [-0.25, -0.2) is 0 Å². The van der Waals surface area contributed by atoms with Crippen LogP contribution in [0.2, 0.25) is 0 Å². The Labute approximate surface area is 83.8 Å². The Morgan fingerprint density at radius 1 is 1.50 bits per heavy atom. The summed E-state index contributed by atoms with van der Waals surface area (Å²) in [6.07, 6.45) is 0. The quantitative estimate of drug-likeness (QED) is 0.780. The molecule has 0 radical (unpaired) electrons. The fourth-order valence-electron chi connectivity index (χ4n) is 1.38. The van der Waals surface area contributed by atoms with Gasteiger partial charge in [-0.2, -0.15) is 9.65 Å². The molecule has 1 heterocycles. The molecule has 2 aromatic rings. The average molecular weight is 207 g/mol. The van der Waals surface area contributed by atoms with E-state index < -0.39 is 5.13 Å². The lowest BCUT2D eigenvalue weighted by molar-refractivity contribution is 0.279. The lowest BCUT2D eigenvalue weighted by Crippen LogP contribution is -1.83. The summed E-state index contributed by atoms with van der Waals surface area (Å²) >= 11 is 0.905. The Hall–Kier alpha value is -1.44. The van der Waals surface area contributed by atoms with E-state index in [-0.39, 0.29) is 12.2 Å². The molecule has 2 rings (SSSR count). The number of hydrogen-bond donors (Lipinski definition) is 1. The van der Waals surface area contributed by atoms with Gasteiger partial charge in [0.05, 0.1) is 16.9 Å². The van der Waals surface area contributed by atoms with E-state index in [1.54, 1.807) is 18.2 Å². The highest BCUT2D eigenvalue weighted by Gasteiger charge is 2.13. The van der Waals surface area contributed by atoms with Crippen LogP contribution in [-0.4, -0.2) is 5.11 Å². The lowest BCUT2D eigenvalue weighted by atomic mass is 10.1. The highest BCUT2D eigenvalue weighted by atomic mass is 32.1. The smallest absolute Gasteiger partial charge is 0.183 e. The van der Waals surface area contributed by atoms with Gasteiger partial charge in [-0.1, -0.05) is 12.1 Å². The molecule has 70 valence electrons. The van der Waals surface area contributed by atoms with Crippen LogP contribution in [0.1, 0.15) is 11.1 Å². The summed E-state index contributed by atoms with van der Waals surface area (Å²) in [6, 6.07) is 7.03. The van der Waals surface area contributed by atoms with Crippen LogP contribution in [0, 0.1) is 16.5 Å². The van der Waals surface area contributed by atoms with Crippen LogP contribution in [0.4, 0.5) is 4.39 Å². The minimum Gasteiger partial charge on any atom is -0.392 e. The third-order valence-corrected chi connectivity index (χ3v) is 3.12. The second kappa shape index (κ2) is 3.37. The molecule has 1 aromatic carbocycles. The number of hydrogen-bond acceptors (Lipinski definition) is 3. The maximum Gasteiger partial charge on any atom is 0.183 e. The molecule has 0 atom stereocenters. The molecule has 1 N–H and O–H groups in total. The number of nitriles is 1. The first-order chi connectivity index (χ1) is 6.77. The predicted molar refractivity (Wildman–Crippen MR) is 52.4 cm³/mol. The van der Waals surface area contributed by atoms with Gasteiger partial charge in [-0.05, 0) is 6.07 Å². The van der Waals surface area contributed by atoms with Crippen LogP contribution >= 0.6 is 11.3 Å². The zero-order valence-corrected chi connectivity index (χ0v) is 7.94. The number of thiophene rings is 1. The number of nitrogens with zero attached hydrogens (tertiary/aromatic N) is 1. The van der Waals surface area contributed by atoms with Crippen LogP contribution in [0.25, 0.3) is 10.1 Å².